The molecule has 10 heteroatoms. The van der Waals surface area contributed by atoms with Crippen molar-refractivity contribution in [3.05, 3.63) is 136 Å². The van der Waals surface area contributed by atoms with Crippen molar-refractivity contribution in [3.63, 3.8) is 0 Å². The zero-order valence-corrected chi connectivity index (χ0v) is 32.6. The fourth-order valence-corrected chi connectivity index (χ4v) is 7.25. The van der Waals surface area contributed by atoms with Crippen LogP contribution in [-0.4, -0.2) is 58.2 Å². The molecular formula is C46H51N5O5. The Morgan fingerprint density at radius 1 is 0.839 bits per heavy atom. The van der Waals surface area contributed by atoms with Crippen LogP contribution in [0, 0.1) is 32.1 Å². The number of hydrogen-bond donors (Lipinski definition) is 2. The second-order valence-electron chi connectivity index (χ2n) is 14.4. The number of piperidine rings is 1. The SMILES string of the molecule is Cc1cc(CN2CCCC[C@H]2C(=O)O)c(OCc2cncc(C#N)c2)cc1OCc1cccc(-c2cccc(OCCCNCCc3ccncc3)c2C)c1C. The normalized spacial score (nSPS) is 14.2. The van der Waals surface area contributed by atoms with Gasteiger partial charge in [0.05, 0.1) is 12.2 Å². The van der Waals surface area contributed by atoms with Gasteiger partial charge in [-0.2, -0.15) is 5.26 Å². The van der Waals surface area contributed by atoms with E-state index in [1.165, 1.54) is 11.8 Å². The van der Waals surface area contributed by atoms with Gasteiger partial charge >= 0.3 is 5.97 Å². The molecule has 0 radical (unpaired) electrons. The number of rotatable bonds is 18. The predicted octanol–water partition coefficient (Wildman–Crippen LogP) is 8.14. The monoisotopic (exact) mass is 753 g/mol. The van der Waals surface area contributed by atoms with E-state index in [4.69, 9.17) is 14.2 Å². The van der Waals surface area contributed by atoms with Gasteiger partial charge in [0, 0.05) is 48.5 Å². The number of aromatic nitrogens is 2. The third kappa shape index (κ3) is 10.5. The quantitative estimate of drug-likeness (QED) is 0.0846. The number of nitriles is 1. The second kappa shape index (κ2) is 19.7. The number of aryl methyl sites for hydroxylation is 1. The molecule has 10 nitrogen and oxygen atoms in total. The van der Waals surface area contributed by atoms with Gasteiger partial charge in [0.25, 0.3) is 0 Å². The Morgan fingerprint density at radius 2 is 1.62 bits per heavy atom. The zero-order valence-electron chi connectivity index (χ0n) is 32.6. The van der Waals surface area contributed by atoms with Crippen LogP contribution >= 0.6 is 0 Å². The number of carboxylic acids is 1. The highest BCUT2D eigenvalue weighted by Crippen LogP contribution is 2.35. The molecule has 0 amide bonds. The summed E-state index contributed by atoms with van der Waals surface area (Å²) < 4.78 is 19.2. The fraction of sp³-hybridized carbons (Fsp3) is 0.348. The summed E-state index contributed by atoms with van der Waals surface area (Å²) in [5.74, 6) is 1.38. The summed E-state index contributed by atoms with van der Waals surface area (Å²) >= 11 is 0. The van der Waals surface area contributed by atoms with Crippen molar-refractivity contribution < 1.29 is 24.1 Å². The topological polar surface area (TPSA) is 130 Å². The van der Waals surface area contributed by atoms with E-state index in [-0.39, 0.29) is 6.61 Å². The summed E-state index contributed by atoms with van der Waals surface area (Å²) in [7, 11) is 0. The van der Waals surface area contributed by atoms with Gasteiger partial charge in [-0.05, 0) is 135 Å². The van der Waals surface area contributed by atoms with Gasteiger partial charge in [0.2, 0.25) is 0 Å². The summed E-state index contributed by atoms with van der Waals surface area (Å²) in [6, 6.07) is 23.9. The van der Waals surface area contributed by atoms with Gasteiger partial charge in [-0.15, -0.1) is 0 Å². The first-order valence-corrected chi connectivity index (χ1v) is 19.4. The number of hydrogen-bond acceptors (Lipinski definition) is 9. The molecule has 3 heterocycles. The number of likely N-dealkylation sites (tertiary alicyclic amines) is 1. The lowest BCUT2D eigenvalue weighted by molar-refractivity contribution is -0.144. The lowest BCUT2D eigenvalue weighted by Gasteiger charge is -2.33. The molecule has 1 aliphatic rings. The van der Waals surface area contributed by atoms with E-state index in [0.29, 0.717) is 49.8 Å². The molecule has 1 aliphatic heterocycles. The van der Waals surface area contributed by atoms with Crippen LogP contribution in [0.4, 0.5) is 0 Å². The average Bonchev–Trinajstić information content (AvgIpc) is 3.21. The lowest BCUT2D eigenvalue weighted by Crippen LogP contribution is -2.44. The van der Waals surface area contributed by atoms with E-state index < -0.39 is 12.0 Å². The molecular weight excluding hydrogens is 703 g/mol. The van der Waals surface area contributed by atoms with Crippen molar-refractivity contribution in [3.8, 4) is 34.4 Å². The summed E-state index contributed by atoms with van der Waals surface area (Å²) in [5.41, 5.74) is 9.88. The largest absolute Gasteiger partial charge is 0.493 e. The molecule has 0 saturated carbocycles. The number of nitrogens with zero attached hydrogens (tertiary/aromatic N) is 4. The molecule has 2 aromatic heterocycles. The van der Waals surface area contributed by atoms with E-state index in [1.807, 2.05) is 54.5 Å². The maximum absolute atomic E-state index is 12.1. The average molecular weight is 754 g/mol. The minimum absolute atomic E-state index is 0.202. The number of carboxylic acid groups (broad SMARTS) is 1. The molecule has 0 unspecified atom stereocenters. The van der Waals surface area contributed by atoms with Gasteiger partial charge in [-0.1, -0.05) is 36.8 Å². The van der Waals surface area contributed by atoms with E-state index in [9.17, 15) is 15.2 Å². The first-order chi connectivity index (χ1) is 27.3. The van der Waals surface area contributed by atoms with E-state index in [2.05, 4.69) is 65.5 Å². The molecule has 2 N–H and O–H groups in total. The first-order valence-electron chi connectivity index (χ1n) is 19.4. The number of nitrogens with one attached hydrogen (secondary N) is 1. The number of aliphatic carboxylic acids is 1. The van der Waals surface area contributed by atoms with Crippen LogP contribution in [0.3, 0.4) is 0 Å². The van der Waals surface area contributed by atoms with Gasteiger partial charge in [-0.3, -0.25) is 19.7 Å². The predicted molar refractivity (Wildman–Crippen MR) is 217 cm³/mol. The Balaban J connectivity index is 1.13. The summed E-state index contributed by atoms with van der Waals surface area (Å²) in [6.45, 7) is 10.4. The standard InChI is InChI=1S/C46H51N5O5/c1-32-23-39(29-51-21-5-4-12-42(51)46(52)53)45(55-30-37-24-36(26-47)27-50-28-37)25-44(32)56-31-38-9-6-10-40(33(38)2)41-11-7-13-43(34(41)3)54-22-8-17-48-18-14-35-15-19-49-20-16-35/h6-7,9-11,13,15-16,19-20,23-25,27-28,42,48H,4-5,8,12,14,17-18,21-22,29-31H2,1-3H3,(H,52,53)/t42-/m0/s1. The summed E-state index contributed by atoms with van der Waals surface area (Å²) in [6.07, 6.45) is 11.2. The molecule has 5 aromatic rings. The van der Waals surface area contributed by atoms with Gasteiger partial charge in [0.15, 0.2) is 0 Å². The number of carbonyl (C=O) groups is 1. The second-order valence-corrected chi connectivity index (χ2v) is 14.4. The molecule has 0 bridgehead atoms. The highest BCUT2D eigenvalue weighted by atomic mass is 16.5. The minimum atomic E-state index is -0.799. The Morgan fingerprint density at radius 3 is 2.43 bits per heavy atom. The number of ether oxygens (including phenoxy) is 3. The molecule has 3 aromatic carbocycles. The van der Waals surface area contributed by atoms with Gasteiger partial charge in [0.1, 0.15) is 42.6 Å². The molecule has 1 fully saturated rings. The van der Waals surface area contributed by atoms with Crippen LogP contribution < -0.4 is 19.5 Å². The van der Waals surface area contributed by atoms with Crippen molar-refractivity contribution >= 4 is 5.97 Å². The number of pyridine rings is 2. The minimum Gasteiger partial charge on any atom is -0.493 e. The molecule has 0 aliphatic carbocycles. The summed E-state index contributed by atoms with van der Waals surface area (Å²) in [4.78, 5) is 22.4. The van der Waals surface area contributed by atoms with E-state index >= 15 is 0 Å². The van der Waals surface area contributed by atoms with Crippen LogP contribution in [0.15, 0.2) is 91.5 Å². The fourth-order valence-electron chi connectivity index (χ4n) is 7.25. The van der Waals surface area contributed by atoms with Crippen LogP contribution in [-0.2, 0) is 31.0 Å². The lowest BCUT2D eigenvalue weighted by atomic mass is 9.93. The van der Waals surface area contributed by atoms with Crippen molar-refractivity contribution in [2.24, 2.45) is 0 Å². The van der Waals surface area contributed by atoms with Crippen LogP contribution in [0.5, 0.6) is 17.2 Å². The maximum atomic E-state index is 12.1. The number of benzene rings is 3. The Labute approximate surface area is 330 Å². The van der Waals surface area contributed by atoms with Crippen molar-refractivity contribution in [2.75, 3.05) is 26.2 Å². The highest BCUT2D eigenvalue weighted by molar-refractivity contribution is 5.74. The van der Waals surface area contributed by atoms with Gasteiger partial charge in [-0.25, -0.2) is 0 Å². The van der Waals surface area contributed by atoms with Crippen LogP contribution in [0.25, 0.3) is 11.1 Å². The van der Waals surface area contributed by atoms with Crippen molar-refractivity contribution in [1.82, 2.24) is 20.2 Å². The highest BCUT2D eigenvalue weighted by Gasteiger charge is 2.29. The Hall–Kier alpha value is -5.76. The van der Waals surface area contributed by atoms with Crippen molar-refractivity contribution in [1.29, 1.82) is 5.26 Å². The molecule has 290 valence electrons. The smallest absolute Gasteiger partial charge is 0.320 e. The molecule has 1 atom stereocenters. The van der Waals surface area contributed by atoms with Crippen molar-refractivity contribution in [2.45, 2.75) is 78.7 Å². The maximum Gasteiger partial charge on any atom is 0.320 e. The van der Waals surface area contributed by atoms with E-state index in [1.54, 1.807) is 12.3 Å². The molecule has 56 heavy (non-hydrogen) atoms. The molecule has 0 spiro atoms. The Bertz CT molecular complexity index is 2130. The zero-order chi connectivity index (χ0) is 39.3. The first kappa shape index (κ1) is 39.9. The van der Waals surface area contributed by atoms with E-state index in [0.717, 1.165) is 89.0 Å². The molecule has 6 rings (SSSR count). The molecule has 1 saturated heterocycles. The summed E-state index contributed by atoms with van der Waals surface area (Å²) in [5, 5.41) is 22.8. The van der Waals surface area contributed by atoms with Gasteiger partial charge < -0.3 is 24.6 Å². The Kier molecular flexibility index (Phi) is 14.1. The van der Waals surface area contributed by atoms with Crippen LogP contribution in [0.1, 0.15) is 70.2 Å². The third-order valence-corrected chi connectivity index (χ3v) is 10.4. The van der Waals surface area contributed by atoms with Crippen LogP contribution in [0.2, 0.25) is 0 Å². The third-order valence-electron chi connectivity index (χ3n) is 10.4.